The molecule has 5 unspecified atom stereocenters. The van der Waals surface area contributed by atoms with E-state index < -0.39 is 59.6 Å². The number of hydrogen-bond acceptors (Lipinski definition) is 16. The summed E-state index contributed by atoms with van der Waals surface area (Å²) >= 11 is 0. The maximum absolute atomic E-state index is 11.2. The summed E-state index contributed by atoms with van der Waals surface area (Å²) in [5.74, 6) is -10.4. The Morgan fingerprint density at radius 1 is 0.875 bits per heavy atom. The predicted octanol–water partition coefficient (Wildman–Crippen LogP) is -2.73. The van der Waals surface area contributed by atoms with Gasteiger partial charge >= 0.3 is 0 Å². The van der Waals surface area contributed by atoms with E-state index in [1.165, 1.54) is 55.2 Å². The molecule has 0 amide bonds. The minimum Gasteiger partial charge on any atom is -0.463 e. The maximum atomic E-state index is 11.2. The van der Waals surface area contributed by atoms with Gasteiger partial charge in [-0.3, -0.25) is 14.4 Å². The highest BCUT2D eigenvalue weighted by Gasteiger charge is 2.63. The van der Waals surface area contributed by atoms with Gasteiger partial charge in [0.1, 0.15) is 18.3 Å². The van der Waals surface area contributed by atoms with Gasteiger partial charge in [-0.05, 0) is 36.4 Å². The number of ether oxygens (including phenoxy) is 2. The first-order valence-electron chi connectivity index (χ1n) is 11.4. The summed E-state index contributed by atoms with van der Waals surface area (Å²) in [5, 5.41) is 73.7. The summed E-state index contributed by atoms with van der Waals surface area (Å²) < 4.78 is 23.8. The zero-order valence-electron chi connectivity index (χ0n) is 20.4. The van der Waals surface area contributed by atoms with Crippen molar-refractivity contribution in [3.8, 4) is 0 Å². The van der Waals surface area contributed by atoms with Gasteiger partial charge in [-0.1, -0.05) is 0 Å². The molecular formula is C24H26O16. The smallest absolute Gasteiger partial charge is 0.290 e. The van der Waals surface area contributed by atoms with Gasteiger partial charge < -0.3 is 63.6 Å². The van der Waals surface area contributed by atoms with Crippen LogP contribution < -0.4 is 0 Å². The number of carbonyl (C=O) groups excluding carboxylic acids is 3. The van der Waals surface area contributed by atoms with Crippen LogP contribution in [0.5, 0.6) is 0 Å². The van der Waals surface area contributed by atoms with Crippen LogP contribution in [0.3, 0.4) is 0 Å². The number of aliphatic hydroxyl groups is 8. The molecule has 218 valence electrons. The second-order valence-electron chi connectivity index (χ2n) is 8.36. The predicted molar refractivity (Wildman–Crippen MR) is 122 cm³/mol. The van der Waals surface area contributed by atoms with Crippen LogP contribution in [0.1, 0.15) is 22.1 Å². The van der Waals surface area contributed by atoms with Crippen LogP contribution in [-0.4, -0.2) is 102 Å². The molecule has 0 bridgehead atoms. The fourth-order valence-corrected chi connectivity index (χ4v) is 3.37. The van der Waals surface area contributed by atoms with Crippen molar-refractivity contribution in [2.75, 3.05) is 19.8 Å². The zero-order chi connectivity index (χ0) is 29.7. The van der Waals surface area contributed by atoms with Gasteiger partial charge in [0.15, 0.2) is 17.3 Å². The van der Waals surface area contributed by atoms with Crippen LogP contribution in [0.4, 0.5) is 0 Å². The van der Waals surface area contributed by atoms with E-state index in [9.17, 15) is 34.8 Å². The normalized spacial score (nSPS) is 27.8. The molecule has 3 aromatic heterocycles. The maximum Gasteiger partial charge on any atom is 0.290 e. The lowest BCUT2D eigenvalue weighted by Gasteiger charge is -2.30. The third-order valence-corrected chi connectivity index (χ3v) is 5.65. The van der Waals surface area contributed by atoms with E-state index in [1.54, 1.807) is 0 Å². The standard InChI is InChI=1S/C8H10O6.2C8H8O5/c9-5-4-14-8(12,7(5,10)11)6-2-1-3-13-6;9-5-4-13-8(11,7(5)10)6-2-1-3-12-6;9-4-5(10)7(11)8(12)6-2-1-3-13-6/h1-3,5,9-12H,4H2;1-3,5,9,11H,4H2;1-3,5,9-10H,4H2. The number of rotatable bonds is 6. The molecular weight excluding hydrogens is 544 g/mol. The first-order chi connectivity index (χ1) is 18.8. The number of aliphatic hydroxyl groups excluding tert-OH is 4. The van der Waals surface area contributed by atoms with Crippen LogP contribution in [-0.2, 0) is 30.6 Å². The fourth-order valence-electron chi connectivity index (χ4n) is 3.37. The summed E-state index contributed by atoms with van der Waals surface area (Å²) in [4.78, 5) is 33.3. The topological polar surface area (TPSA) is 271 Å². The van der Waals surface area contributed by atoms with E-state index in [4.69, 9.17) is 38.7 Å². The summed E-state index contributed by atoms with van der Waals surface area (Å²) in [6.07, 6.45) is -0.733. The van der Waals surface area contributed by atoms with Crippen LogP contribution in [0.25, 0.3) is 0 Å². The highest BCUT2D eigenvalue weighted by Crippen LogP contribution is 2.40. The Hall–Kier alpha value is -3.55. The Morgan fingerprint density at radius 3 is 1.88 bits per heavy atom. The summed E-state index contributed by atoms with van der Waals surface area (Å²) in [7, 11) is 0. The lowest BCUT2D eigenvalue weighted by Crippen LogP contribution is -2.54. The van der Waals surface area contributed by atoms with Gasteiger partial charge in [0, 0.05) is 0 Å². The number of Topliss-reactive ketones (excluding diaryl/α,β-unsaturated/α-hetero) is 3. The van der Waals surface area contributed by atoms with Crippen molar-refractivity contribution in [3.63, 3.8) is 0 Å². The molecule has 3 aromatic rings. The largest absolute Gasteiger partial charge is 0.463 e. The van der Waals surface area contributed by atoms with Gasteiger partial charge in [0.2, 0.25) is 11.6 Å². The van der Waals surface area contributed by atoms with Gasteiger partial charge in [-0.25, -0.2) is 0 Å². The monoisotopic (exact) mass is 570 g/mol. The van der Waals surface area contributed by atoms with E-state index in [1.807, 2.05) is 0 Å². The number of hydrogen-bond donors (Lipinski definition) is 8. The highest BCUT2D eigenvalue weighted by atomic mass is 16.7. The van der Waals surface area contributed by atoms with Crippen molar-refractivity contribution in [3.05, 3.63) is 72.5 Å². The van der Waals surface area contributed by atoms with Crippen molar-refractivity contribution in [1.82, 2.24) is 0 Å². The molecule has 0 radical (unpaired) electrons. The fraction of sp³-hybridized carbons (Fsp3) is 0.375. The average molecular weight is 570 g/mol. The van der Waals surface area contributed by atoms with Crippen molar-refractivity contribution in [1.29, 1.82) is 0 Å². The van der Waals surface area contributed by atoms with Crippen molar-refractivity contribution in [2.24, 2.45) is 0 Å². The molecule has 16 nitrogen and oxygen atoms in total. The van der Waals surface area contributed by atoms with Gasteiger partial charge in [-0.15, -0.1) is 0 Å². The third-order valence-electron chi connectivity index (χ3n) is 5.65. The van der Waals surface area contributed by atoms with Crippen molar-refractivity contribution < 1.29 is 78.0 Å². The summed E-state index contributed by atoms with van der Waals surface area (Å²) in [5.41, 5.74) is 0. The first-order valence-corrected chi connectivity index (χ1v) is 11.4. The summed E-state index contributed by atoms with van der Waals surface area (Å²) in [6, 6.07) is 8.47. The van der Waals surface area contributed by atoms with Gasteiger partial charge in [0.25, 0.3) is 23.1 Å². The van der Waals surface area contributed by atoms with Gasteiger partial charge in [0.05, 0.1) is 38.6 Å². The number of furan rings is 3. The molecule has 2 aliphatic heterocycles. The van der Waals surface area contributed by atoms with Crippen LogP contribution in [0, 0.1) is 0 Å². The number of ketones is 3. The minimum absolute atomic E-state index is 0.00551. The molecule has 40 heavy (non-hydrogen) atoms. The van der Waals surface area contributed by atoms with Crippen LogP contribution in [0.15, 0.2) is 68.4 Å². The molecule has 0 saturated carbocycles. The Balaban J connectivity index is 0.000000166. The Kier molecular flexibility index (Phi) is 9.54. The molecule has 2 saturated heterocycles. The van der Waals surface area contributed by atoms with Crippen LogP contribution in [0.2, 0.25) is 0 Å². The van der Waals surface area contributed by atoms with E-state index in [2.05, 4.69) is 4.42 Å². The van der Waals surface area contributed by atoms with Gasteiger partial charge in [-0.2, -0.15) is 0 Å². The zero-order valence-corrected chi connectivity index (χ0v) is 20.4. The van der Waals surface area contributed by atoms with Crippen molar-refractivity contribution >= 4 is 17.3 Å². The molecule has 8 N–H and O–H groups in total. The Labute approximate surface area is 223 Å². The molecule has 2 fully saturated rings. The molecule has 5 rings (SSSR count). The van der Waals surface area contributed by atoms with Crippen molar-refractivity contribution in [2.45, 2.75) is 35.7 Å². The SMILES string of the molecule is O=C(C(=O)C(O)CO)c1ccco1.O=C1C(O)COC1(O)c1ccco1.OC1COC(O)(c2ccco2)C1(O)O. The molecule has 5 heterocycles. The molecule has 0 spiro atoms. The highest BCUT2D eigenvalue weighted by molar-refractivity contribution is 6.44. The number of carbonyl (C=O) groups is 3. The first kappa shape index (κ1) is 31.0. The van der Waals surface area contributed by atoms with E-state index in [0.717, 1.165) is 0 Å². The average Bonchev–Trinajstić information content (AvgIpc) is 3.78. The molecule has 5 atom stereocenters. The van der Waals surface area contributed by atoms with E-state index in [-0.39, 0.29) is 30.5 Å². The lowest BCUT2D eigenvalue weighted by molar-refractivity contribution is -0.357. The molecule has 16 heteroatoms. The Morgan fingerprint density at radius 2 is 1.45 bits per heavy atom. The molecule has 0 aliphatic carbocycles. The Bertz CT molecular complexity index is 1250. The quantitative estimate of drug-likeness (QED) is 0.0848. The minimum atomic E-state index is -2.77. The second kappa shape index (κ2) is 12.3. The third kappa shape index (κ3) is 5.96. The molecule has 2 aliphatic rings. The molecule has 0 aromatic carbocycles. The van der Waals surface area contributed by atoms with E-state index in [0.29, 0.717) is 0 Å². The van der Waals surface area contributed by atoms with Crippen LogP contribution >= 0.6 is 0 Å². The second-order valence-corrected chi connectivity index (χ2v) is 8.36. The van der Waals surface area contributed by atoms with E-state index >= 15 is 0 Å². The summed E-state index contributed by atoms with van der Waals surface area (Å²) in [6.45, 7) is -1.37. The lowest BCUT2D eigenvalue weighted by atomic mass is 10.0.